The molecule has 0 aliphatic heterocycles. The van der Waals surface area contributed by atoms with Gasteiger partial charge in [-0.1, -0.05) is 30.3 Å². The lowest BCUT2D eigenvalue weighted by molar-refractivity contribution is 0.331. The van der Waals surface area contributed by atoms with Crippen molar-refractivity contribution in [2.24, 2.45) is 0 Å². The highest BCUT2D eigenvalue weighted by Crippen LogP contribution is 1.99. The Kier molecular flexibility index (Phi) is 2.28. The summed E-state index contributed by atoms with van der Waals surface area (Å²) in [5.74, 6) is 0. The monoisotopic (exact) mass is 121 g/mol. The smallest absolute Gasteiger partial charge is 0.0506 e. The first-order valence-electron chi connectivity index (χ1n) is 2.92. The molecule has 1 rings (SSSR count). The van der Waals surface area contributed by atoms with Gasteiger partial charge in [-0.25, -0.2) is 0 Å². The zero-order chi connectivity index (χ0) is 6.53. The number of hydrogen-bond donors (Lipinski definition) is 1. The lowest BCUT2D eigenvalue weighted by Crippen LogP contribution is -1.84. The fourth-order valence-electron chi connectivity index (χ4n) is 0.695. The van der Waals surface area contributed by atoms with Crippen molar-refractivity contribution in [3.8, 4) is 0 Å². The van der Waals surface area contributed by atoms with E-state index < -0.39 is 0 Å². The second kappa shape index (κ2) is 3.25. The maximum Gasteiger partial charge on any atom is 0.0506 e. The highest BCUT2D eigenvalue weighted by Gasteiger charge is 1.86. The largest absolute Gasteiger partial charge is 0.396 e. The molecule has 0 heterocycles. The van der Waals surface area contributed by atoms with Crippen molar-refractivity contribution in [2.75, 3.05) is 6.61 Å². The summed E-state index contributed by atoms with van der Waals surface area (Å²) in [6.45, 7) is 0.115. The molecule has 1 heteroatoms. The Hall–Kier alpha value is -0.820. The Morgan fingerprint density at radius 2 is 1.89 bits per heavy atom. The van der Waals surface area contributed by atoms with E-state index in [2.05, 4.69) is 0 Å². The summed E-state index contributed by atoms with van der Waals surface area (Å²) in [5.41, 5.74) is 1.07. The average molecular weight is 121 g/mol. The second-order valence-corrected chi connectivity index (χ2v) is 1.80. The predicted molar refractivity (Wildman–Crippen MR) is 36.9 cm³/mol. The van der Waals surface area contributed by atoms with E-state index in [0.29, 0.717) is 0 Å². The van der Waals surface area contributed by atoms with Crippen LogP contribution < -0.4 is 0 Å². The van der Waals surface area contributed by atoms with Crippen LogP contribution in [0.5, 0.6) is 0 Å². The van der Waals surface area contributed by atoms with Crippen molar-refractivity contribution < 1.29 is 5.11 Å². The molecule has 0 aliphatic carbocycles. The average Bonchev–Trinajstić information content (AvgIpc) is 1.91. The maximum absolute atomic E-state index is 8.46. The van der Waals surface area contributed by atoms with Gasteiger partial charge in [0.15, 0.2) is 0 Å². The molecule has 0 atom stereocenters. The van der Waals surface area contributed by atoms with E-state index in [4.69, 9.17) is 5.11 Å². The van der Waals surface area contributed by atoms with Crippen LogP contribution in [-0.4, -0.2) is 11.7 Å². The minimum Gasteiger partial charge on any atom is -0.396 e. The number of aliphatic hydroxyl groups excluding tert-OH is 1. The summed E-state index contributed by atoms with van der Waals surface area (Å²) in [7, 11) is 0. The molecule has 0 amide bonds. The Labute approximate surface area is 55.0 Å². The quantitative estimate of drug-likeness (QED) is 0.624. The van der Waals surface area contributed by atoms with Crippen molar-refractivity contribution in [3.05, 3.63) is 42.3 Å². The van der Waals surface area contributed by atoms with Crippen LogP contribution in [0.25, 0.3) is 0 Å². The molecular formula is C8H9O. The van der Waals surface area contributed by atoms with Gasteiger partial charge in [-0.05, 0) is 5.56 Å². The molecule has 1 aromatic carbocycles. The van der Waals surface area contributed by atoms with Crippen LogP contribution in [0, 0.1) is 6.42 Å². The van der Waals surface area contributed by atoms with Crippen LogP contribution in [0.1, 0.15) is 5.56 Å². The number of aliphatic hydroxyl groups is 1. The fourth-order valence-corrected chi connectivity index (χ4v) is 0.695. The van der Waals surface area contributed by atoms with E-state index in [1.807, 2.05) is 30.3 Å². The molecular weight excluding hydrogens is 112 g/mol. The summed E-state index contributed by atoms with van der Waals surface area (Å²) in [6, 6.07) is 9.75. The Balaban J connectivity index is 2.61. The van der Waals surface area contributed by atoms with Crippen LogP contribution in [0.2, 0.25) is 0 Å². The standard InChI is InChI=1S/C8H9O/c9-7-6-8-4-2-1-3-5-8/h1-6,9H,7H2. The van der Waals surface area contributed by atoms with Gasteiger partial charge in [0.2, 0.25) is 0 Å². The van der Waals surface area contributed by atoms with Gasteiger partial charge >= 0.3 is 0 Å². The van der Waals surface area contributed by atoms with E-state index >= 15 is 0 Å². The van der Waals surface area contributed by atoms with Crippen LogP contribution in [0.4, 0.5) is 0 Å². The molecule has 9 heavy (non-hydrogen) atoms. The molecule has 0 saturated heterocycles. The third kappa shape index (κ3) is 1.86. The normalized spacial score (nSPS) is 9.44. The first-order chi connectivity index (χ1) is 4.43. The van der Waals surface area contributed by atoms with Gasteiger partial charge < -0.3 is 5.11 Å². The Bertz CT molecular complexity index is 157. The third-order valence-electron chi connectivity index (χ3n) is 1.13. The van der Waals surface area contributed by atoms with Gasteiger partial charge in [-0.3, -0.25) is 0 Å². The minimum atomic E-state index is 0.115. The predicted octanol–water partition coefficient (Wildman–Crippen LogP) is 1.23. The van der Waals surface area contributed by atoms with Gasteiger partial charge in [-0.15, -0.1) is 0 Å². The lowest BCUT2D eigenvalue weighted by atomic mass is 10.2. The fraction of sp³-hybridized carbons (Fsp3) is 0.125. The van der Waals surface area contributed by atoms with E-state index in [1.165, 1.54) is 0 Å². The zero-order valence-electron chi connectivity index (χ0n) is 5.12. The molecule has 0 bridgehead atoms. The Morgan fingerprint density at radius 1 is 1.22 bits per heavy atom. The molecule has 0 aromatic heterocycles. The molecule has 47 valence electrons. The third-order valence-corrected chi connectivity index (χ3v) is 1.13. The molecule has 0 fully saturated rings. The van der Waals surface area contributed by atoms with Crippen molar-refractivity contribution in [1.82, 2.24) is 0 Å². The molecule has 1 N–H and O–H groups in total. The molecule has 0 spiro atoms. The number of rotatable bonds is 2. The van der Waals surface area contributed by atoms with Crippen LogP contribution in [-0.2, 0) is 0 Å². The maximum atomic E-state index is 8.46. The Morgan fingerprint density at radius 3 is 2.44 bits per heavy atom. The minimum absolute atomic E-state index is 0.115. The summed E-state index contributed by atoms with van der Waals surface area (Å²) in [4.78, 5) is 0. The van der Waals surface area contributed by atoms with Gasteiger partial charge in [0, 0.05) is 6.42 Å². The summed E-state index contributed by atoms with van der Waals surface area (Å²) < 4.78 is 0. The molecule has 0 aliphatic rings. The van der Waals surface area contributed by atoms with E-state index in [-0.39, 0.29) is 6.61 Å². The zero-order valence-corrected chi connectivity index (χ0v) is 5.12. The number of benzene rings is 1. The van der Waals surface area contributed by atoms with Crippen molar-refractivity contribution >= 4 is 0 Å². The van der Waals surface area contributed by atoms with Crippen LogP contribution >= 0.6 is 0 Å². The molecule has 1 radical (unpaired) electrons. The van der Waals surface area contributed by atoms with E-state index in [9.17, 15) is 0 Å². The highest BCUT2D eigenvalue weighted by atomic mass is 16.2. The summed E-state index contributed by atoms with van der Waals surface area (Å²) >= 11 is 0. The molecule has 0 saturated carbocycles. The molecule has 0 unspecified atom stereocenters. The summed E-state index contributed by atoms with van der Waals surface area (Å²) in [6.07, 6.45) is 1.76. The SMILES string of the molecule is OC[CH]c1ccccc1. The first-order valence-corrected chi connectivity index (χ1v) is 2.92. The lowest BCUT2D eigenvalue weighted by Gasteiger charge is -1.92. The van der Waals surface area contributed by atoms with Crippen molar-refractivity contribution in [2.45, 2.75) is 0 Å². The van der Waals surface area contributed by atoms with Gasteiger partial charge in [0.05, 0.1) is 6.61 Å². The first kappa shape index (κ1) is 6.30. The van der Waals surface area contributed by atoms with Gasteiger partial charge in [-0.2, -0.15) is 0 Å². The van der Waals surface area contributed by atoms with Crippen molar-refractivity contribution in [3.63, 3.8) is 0 Å². The summed E-state index contributed by atoms with van der Waals surface area (Å²) in [5, 5.41) is 8.46. The van der Waals surface area contributed by atoms with E-state index in [1.54, 1.807) is 6.42 Å². The van der Waals surface area contributed by atoms with Crippen LogP contribution in [0.15, 0.2) is 30.3 Å². The van der Waals surface area contributed by atoms with E-state index in [0.717, 1.165) is 5.56 Å². The van der Waals surface area contributed by atoms with Crippen molar-refractivity contribution in [1.29, 1.82) is 0 Å². The topological polar surface area (TPSA) is 20.2 Å². The highest BCUT2D eigenvalue weighted by molar-refractivity contribution is 5.21. The molecule has 1 aromatic rings. The van der Waals surface area contributed by atoms with Gasteiger partial charge in [0.25, 0.3) is 0 Å². The van der Waals surface area contributed by atoms with Crippen LogP contribution in [0.3, 0.4) is 0 Å². The second-order valence-electron chi connectivity index (χ2n) is 1.80. The van der Waals surface area contributed by atoms with Gasteiger partial charge in [0.1, 0.15) is 0 Å². The molecule has 1 nitrogen and oxygen atoms in total. The number of hydrogen-bond acceptors (Lipinski definition) is 1.